The number of nitrogens with one attached hydrogen (secondary N) is 1. The Morgan fingerprint density at radius 2 is 1.95 bits per heavy atom. The second kappa shape index (κ2) is 7.87. The Morgan fingerprint density at radius 3 is 2.60 bits per heavy atom. The van der Waals surface area contributed by atoms with Gasteiger partial charge in [-0.25, -0.2) is 0 Å². The lowest BCUT2D eigenvalue weighted by molar-refractivity contribution is -0.117. The molecule has 0 heterocycles. The van der Waals surface area contributed by atoms with E-state index in [1.807, 2.05) is 31.0 Å². The fraction of sp³-hybridized carbons (Fsp3) is 0.533. The van der Waals surface area contributed by atoms with Crippen LogP contribution in [0.2, 0.25) is 0 Å². The lowest BCUT2D eigenvalue weighted by Crippen LogP contribution is -2.32. The van der Waals surface area contributed by atoms with Gasteiger partial charge in [-0.2, -0.15) is 0 Å². The summed E-state index contributed by atoms with van der Waals surface area (Å²) < 4.78 is 0. The Hall–Kier alpha value is -1.59. The number of amides is 1. The van der Waals surface area contributed by atoms with E-state index in [4.69, 9.17) is 5.73 Å². The molecule has 1 rings (SSSR count). The minimum Gasteiger partial charge on any atom is -0.399 e. The van der Waals surface area contributed by atoms with Gasteiger partial charge >= 0.3 is 0 Å². The van der Waals surface area contributed by atoms with Crippen molar-refractivity contribution >= 4 is 17.3 Å². The highest BCUT2D eigenvalue weighted by molar-refractivity contribution is 5.93. The van der Waals surface area contributed by atoms with Crippen LogP contribution in [-0.2, 0) is 4.79 Å². The van der Waals surface area contributed by atoms with Gasteiger partial charge in [-0.1, -0.05) is 6.07 Å². The zero-order valence-corrected chi connectivity index (χ0v) is 12.9. The quantitative estimate of drug-likeness (QED) is 0.740. The molecular weight excluding hydrogens is 252 g/mol. The first-order chi connectivity index (χ1) is 9.38. The summed E-state index contributed by atoms with van der Waals surface area (Å²) in [5, 5.41) is 2.91. The van der Waals surface area contributed by atoms with Gasteiger partial charge in [-0.15, -0.1) is 0 Å². The first-order valence-corrected chi connectivity index (χ1v) is 6.87. The summed E-state index contributed by atoms with van der Waals surface area (Å²) in [6, 6.07) is 5.53. The molecule has 0 saturated carbocycles. The molecular formula is C15H26N4O. The summed E-state index contributed by atoms with van der Waals surface area (Å²) >= 11 is 0. The normalized spacial score (nSPS) is 11.1. The molecule has 0 atom stereocenters. The Bertz CT molecular complexity index is 445. The predicted molar refractivity (Wildman–Crippen MR) is 84.9 cm³/mol. The summed E-state index contributed by atoms with van der Waals surface area (Å²) in [5.74, 6) is -0.00828. The van der Waals surface area contributed by atoms with E-state index >= 15 is 0 Å². The molecule has 1 aromatic carbocycles. The molecule has 112 valence electrons. The third kappa shape index (κ3) is 6.04. The largest absolute Gasteiger partial charge is 0.399 e. The molecule has 20 heavy (non-hydrogen) atoms. The van der Waals surface area contributed by atoms with Crippen molar-refractivity contribution in [2.24, 2.45) is 0 Å². The molecule has 0 radical (unpaired) electrons. The highest BCUT2D eigenvalue weighted by Gasteiger charge is 2.08. The molecule has 3 N–H and O–H groups in total. The first kappa shape index (κ1) is 16.5. The van der Waals surface area contributed by atoms with Crippen LogP contribution in [0.3, 0.4) is 0 Å². The maximum absolute atomic E-state index is 12.0. The maximum atomic E-state index is 12.0. The van der Waals surface area contributed by atoms with E-state index in [9.17, 15) is 4.79 Å². The minimum atomic E-state index is -0.00828. The zero-order valence-electron chi connectivity index (χ0n) is 12.9. The second-order valence-electron chi connectivity index (χ2n) is 5.52. The van der Waals surface area contributed by atoms with Gasteiger partial charge < -0.3 is 16.0 Å². The standard InChI is InChI=1S/C15H26N4O/c1-12-6-7-13(16)10-14(12)17-15(20)11-19(4)9-5-8-18(2)3/h6-7,10H,5,8-9,11,16H2,1-4H3,(H,17,20). The van der Waals surface area contributed by atoms with Gasteiger partial charge in [0.15, 0.2) is 0 Å². The van der Waals surface area contributed by atoms with Crippen molar-refractivity contribution in [2.75, 3.05) is 51.8 Å². The molecule has 0 aromatic heterocycles. The summed E-state index contributed by atoms with van der Waals surface area (Å²) in [4.78, 5) is 16.2. The molecule has 0 fully saturated rings. The Labute approximate surface area is 121 Å². The molecule has 0 unspecified atom stereocenters. The van der Waals surface area contributed by atoms with Crippen LogP contribution < -0.4 is 11.1 Å². The topological polar surface area (TPSA) is 61.6 Å². The van der Waals surface area contributed by atoms with Gasteiger partial charge in [-0.3, -0.25) is 9.69 Å². The number of nitrogen functional groups attached to an aromatic ring is 1. The maximum Gasteiger partial charge on any atom is 0.238 e. The lowest BCUT2D eigenvalue weighted by atomic mass is 10.2. The van der Waals surface area contributed by atoms with Crippen molar-refractivity contribution in [1.82, 2.24) is 9.80 Å². The van der Waals surface area contributed by atoms with Crippen LogP contribution in [0, 0.1) is 6.92 Å². The fourth-order valence-electron chi connectivity index (χ4n) is 1.95. The van der Waals surface area contributed by atoms with E-state index in [0.29, 0.717) is 12.2 Å². The Balaban J connectivity index is 2.41. The van der Waals surface area contributed by atoms with Gasteiger partial charge in [0.05, 0.1) is 6.54 Å². The van der Waals surface area contributed by atoms with Crippen LogP contribution in [0.5, 0.6) is 0 Å². The van der Waals surface area contributed by atoms with Crippen LogP contribution >= 0.6 is 0 Å². The van der Waals surface area contributed by atoms with E-state index in [-0.39, 0.29) is 5.91 Å². The summed E-state index contributed by atoms with van der Waals surface area (Å²) in [7, 11) is 6.06. The number of hydrogen-bond acceptors (Lipinski definition) is 4. The molecule has 0 aliphatic carbocycles. The molecule has 5 nitrogen and oxygen atoms in total. The molecule has 0 aliphatic heterocycles. The summed E-state index contributed by atoms with van der Waals surface area (Å²) in [6.07, 6.45) is 1.05. The van der Waals surface area contributed by atoms with Crippen molar-refractivity contribution in [3.8, 4) is 0 Å². The highest BCUT2D eigenvalue weighted by Crippen LogP contribution is 2.17. The average Bonchev–Trinajstić information content (AvgIpc) is 2.33. The first-order valence-electron chi connectivity index (χ1n) is 6.87. The zero-order chi connectivity index (χ0) is 15.1. The number of likely N-dealkylation sites (N-methyl/N-ethyl adjacent to an activating group) is 1. The number of rotatable bonds is 7. The van der Waals surface area contributed by atoms with Crippen molar-refractivity contribution in [1.29, 1.82) is 0 Å². The van der Waals surface area contributed by atoms with Crippen molar-refractivity contribution < 1.29 is 4.79 Å². The highest BCUT2D eigenvalue weighted by atomic mass is 16.2. The van der Waals surface area contributed by atoms with E-state index in [1.165, 1.54) is 0 Å². The average molecular weight is 278 g/mol. The van der Waals surface area contributed by atoms with Gasteiger partial charge in [0.25, 0.3) is 0 Å². The van der Waals surface area contributed by atoms with Crippen LogP contribution in [0.1, 0.15) is 12.0 Å². The Kier molecular flexibility index (Phi) is 6.48. The Morgan fingerprint density at radius 1 is 1.25 bits per heavy atom. The monoisotopic (exact) mass is 278 g/mol. The van der Waals surface area contributed by atoms with Gasteiger partial charge in [0.1, 0.15) is 0 Å². The molecule has 0 saturated heterocycles. The van der Waals surface area contributed by atoms with Crippen LogP contribution in [0.15, 0.2) is 18.2 Å². The summed E-state index contributed by atoms with van der Waals surface area (Å²) in [6.45, 7) is 4.28. The minimum absolute atomic E-state index is 0.00828. The number of anilines is 2. The number of nitrogens with zero attached hydrogens (tertiary/aromatic N) is 2. The molecule has 0 bridgehead atoms. The van der Waals surface area contributed by atoms with E-state index in [2.05, 4.69) is 24.3 Å². The lowest BCUT2D eigenvalue weighted by Gasteiger charge is -2.18. The third-order valence-electron chi connectivity index (χ3n) is 3.09. The van der Waals surface area contributed by atoms with Crippen molar-refractivity contribution in [2.45, 2.75) is 13.3 Å². The van der Waals surface area contributed by atoms with E-state index < -0.39 is 0 Å². The smallest absolute Gasteiger partial charge is 0.238 e. The number of carbonyl (C=O) groups is 1. The van der Waals surface area contributed by atoms with Crippen molar-refractivity contribution in [3.63, 3.8) is 0 Å². The number of benzene rings is 1. The van der Waals surface area contributed by atoms with Gasteiger partial charge in [0, 0.05) is 11.4 Å². The number of nitrogens with two attached hydrogens (primary N) is 1. The van der Waals surface area contributed by atoms with Crippen LogP contribution in [-0.4, -0.2) is 56.5 Å². The number of carbonyl (C=O) groups excluding carboxylic acids is 1. The predicted octanol–water partition coefficient (Wildman–Crippen LogP) is 1.40. The third-order valence-corrected chi connectivity index (χ3v) is 3.09. The number of hydrogen-bond donors (Lipinski definition) is 2. The van der Waals surface area contributed by atoms with Crippen LogP contribution in [0.25, 0.3) is 0 Å². The molecule has 0 aliphatic rings. The van der Waals surface area contributed by atoms with Gasteiger partial charge in [0.2, 0.25) is 5.91 Å². The molecule has 5 heteroatoms. The SMILES string of the molecule is Cc1ccc(N)cc1NC(=O)CN(C)CCCN(C)C. The van der Waals surface area contributed by atoms with E-state index in [0.717, 1.165) is 30.8 Å². The van der Waals surface area contributed by atoms with Crippen LogP contribution in [0.4, 0.5) is 11.4 Å². The van der Waals surface area contributed by atoms with Gasteiger partial charge in [-0.05, 0) is 65.3 Å². The molecule has 1 amide bonds. The second-order valence-corrected chi connectivity index (χ2v) is 5.52. The summed E-state index contributed by atoms with van der Waals surface area (Å²) in [5.41, 5.74) is 8.19. The molecule has 0 spiro atoms. The fourth-order valence-corrected chi connectivity index (χ4v) is 1.95. The van der Waals surface area contributed by atoms with E-state index in [1.54, 1.807) is 6.07 Å². The van der Waals surface area contributed by atoms with Crippen molar-refractivity contribution in [3.05, 3.63) is 23.8 Å². The number of aryl methyl sites for hydroxylation is 1. The molecule has 1 aromatic rings.